The maximum Gasteiger partial charge on any atom is 0.251 e. The molecule has 0 atom stereocenters. The summed E-state index contributed by atoms with van der Waals surface area (Å²) in [6, 6.07) is 24.4. The zero-order valence-electron chi connectivity index (χ0n) is 17.3. The average molecular weight is 435 g/mol. The monoisotopic (exact) mass is 434 g/mol. The van der Waals surface area contributed by atoms with Crippen LogP contribution in [0.1, 0.15) is 28.8 Å². The summed E-state index contributed by atoms with van der Waals surface area (Å²) in [5, 5.41) is 2.95. The molecule has 1 fully saturated rings. The van der Waals surface area contributed by atoms with E-state index in [1.54, 1.807) is 28.6 Å². The van der Waals surface area contributed by atoms with E-state index in [2.05, 4.69) is 5.32 Å². The zero-order valence-corrected chi connectivity index (χ0v) is 18.1. The van der Waals surface area contributed by atoms with Gasteiger partial charge in [0.25, 0.3) is 5.91 Å². The molecule has 0 radical (unpaired) electrons. The number of hydrogen-bond donors (Lipinski definition) is 1. The standard InChI is InChI=1S/C25H26N2O3S/c28-25(26-17-16-20-6-2-1-3-7-20)23-10-8-21(9-11-23)22-12-14-24(15-13-22)31(29,30)27-18-4-5-19-27/h1-3,6-15H,4-5,16-19H2,(H,26,28). The van der Waals surface area contributed by atoms with Gasteiger partial charge in [-0.2, -0.15) is 4.31 Å². The Kier molecular flexibility index (Phi) is 6.49. The summed E-state index contributed by atoms with van der Waals surface area (Å²) in [5.74, 6) is -0.102. The van der Waals surface area contributed by atoms with Crippen LogP contribution < -0.4 is 5.32 Å². The number of carbonyl (C=O) groups excluding carboxylic acids is 1. The first-order valence-electron chi connectivity index (χ1n) is 10.6. The molecule has 1 amide bonds. The van der Waals surface area contributed by atoms with Crippen molar-refractivity contribution in [1.29, 1.82) is 0 Å². The van der Waals surface area contributed by atoms with Crippen LogP contribution in [0, 0.1) is 0 Å². The smallest absolute Gasteiger partial charge is 0.251 e. The van der Waals surface area contributed by atoms with Gasteiger partial charge in [0.15, 0.2) is 0 Å². The number of nitrogens with one attached hydrogen (secondary N) is 1. The predicted octanol–water partition coefficient (Wildman–Crippen LogP) is 4.11. The number of rotatable bonds is 7. The number of benzene rings is 3. The Labute approximate surface area is 183 Å². The molecular weight excluding hydrogens is 408 g/mol. The third-order valence-electron chi connectivity index (χ3n) is 5.58. The van der Waals surface area contributed by atoms with Gasteiger partial charge in [-0.1, -0.05) is 54.6 Å². The van der Waals surface area contributed by atoms with Crippen molar-refractivity contribution in [3.63, 3.8) is 0 Å². The van der Waals surface area contributed by atoms with E-state index in [9.17, 15) is 13.2 Å². The van der Waals surface area contributed by atoms with Gasteiger partial charge in [-0.05, 0) is 60.2 Å². The lowest BCUT2D eigenvalue weighted by atomic mass is 10.0. The van der Waals surface area contributed by atoms with Gasteiger partial charge in [-0.3, -0.25) is 4.79 Å². The van der Waals surface area contributed by atoms with Gasteiger partial charge >= 0.3 is 0 Å². The Hall–Kier alpha value is -2.96. The first kappa shape index (κ1) is 21.3. The second-order valence-electron chi connectivity index (χ2n) is 7.70. The minimum atomic E-state index is -3.40. The Morgan fingerprint density at radius 1 is 0.806 bits per heavy atom. The highest BCUT2D eigenvalue weighted by Crippen LogP contribution is 2.25. The third kappa shape index (κ3) is 5.03. The lowest BCUT2D eigenvalue weighted by Gasteiger charge is -2.15. The summed E-state index contributed by atoms with van der Waals surface area (Å²) in [6.45, 7) is 1.77. The van der Waals surface area contributed by atoms with Gasteiger partial charge in [0, 0.05) is 25.2 Å². The average Bonchev–Trinajstić information content (AvgIpc) is 3.36. The molecule has 0 saturated carbocycles. The number of carbonyl (C=O) groups is 1. The van der Waals surface area contributed by atoms with Crippen molar-refractivity contribution in [1.82, 2.24) is 9.62 Å². The molecule has 0 aliphatic carbocycles. The van der Waals surface area contributed by atoms with Crippen LogP contribution in [0.15, 0.2) is 83.8 Å². The zero-order chi connectivity index (χ0) is 21.7. The Morgan fingerprint density at radius 3 is 2.00 bits per heavy atom. The predicted molar refractivity (Wildman–Crippen MR) is 122 cm³/mol. The van der Waals surface area contributed by atoms with E-state index >= 15 is 0 Å². The molecule has 5 nitrogen and oxygen atoms in total. The first-order chi connectivity index (χ1) is 15.0. The van der Waals surface area contributed by atoms with E-state index in [1.807, 2.05) is 54.6 Å². The lowest BCUT2D eigenvalue weighted by Crippen LogP contribution is -2.27. The van der Waals surface area contributed by atoms with Gasteiger partial charge in [-0.15, -0.1) is 0 Å². The summed E-state index contributed by atoms with van der Waals surface area (Å²) in [7, 11) is -3.40. The van der Waals surface area contributed by atoms with Gasteiger partial charge in [0.1, 0.15) is 0 Å². The van der Waals surface area contributed by atoms with Gasteiger partial charge < -0.3 is 5.32 Å². The second-order valence-corrected chi connectivity index (χ2v) is 9.64. The second kappa shape index (κ2) is 9.45. The van der Waals surface area contributed by atoms with Crippen LogP contribution in [0.25, 0.3) is 11.1 Å². The Balaban J connectivity index is 1.38. The quantitative estimate of drug-likeness (QED) is 0.609. The lowest BCUT2D eigenvalue weighted by molar-refractivity contribution is 0.0954. The van der Waals surface area contributed by atoms with E-state index in [0.717, 1.165) is 30.4 Å². The molecule has 31 heavy (non-hydrogen) atoms. The summed E-state index contributed by atoms with van der Waals surface area (Å²) >= 11 is 0. The summed E-state index contributed by atoms with van der Waals surface area (Å²) in [6.07, 6.45) is 2.63. The van der Waals surface area contributed by atoms with Crippen molar-refractivity contribution in [2.45, 2.75) is 24.2 Å². The van der Waals surface area contributed by atoms with Crippen LogP contribution in [0.3, 0.4) is 0 Å². The van der Waals surface area contributed by atoms with E-state index in [-0.39, 0.29) is 5.91 Å². The minimum absolute atomic E-state index is 0.102. The van der Waals surface area contributed by atoms with Crippen molar-refractivity contribution in [3.05, 3.63) is 90.0 Å². The Bertz CT molecular complexity index is 1120. The molecule has 0 spiro atoms. The molecule has 0 aromatic heterocycles. The van der Waals surface area contributed by atoms with Crippen LogP contribution in [-0.4, -0.2) is 38.3 Å². The van der Waals surface area contributed by atoms with Crippen molar-refractivity contribution >= 4 is 15.9 Å². The Morgan fingerprint density at radius 2 is 1.39 bits per heavy atom. The SMILES string of the molecule is O=C(NCCc1ccccc1)c1ccc(-c2ccc(S(=O)(=O)N3CCCC3)cc2)cc1. The van der Waals surface area contributed by atoms with Crippen LogP contribution in [0.4, 0.5) is 0 Å². The number of amides is 1. The number of sulfonamides is 1. The maximum absolute atomic E-state index is 12.7. The fraction of sp³-hybridized carbons (Fsp3) is 0.240. The molecule has 3 aromatic carbocycles. The van der Waals surface area contributed by atoms with Crippen LogP contribution in [0.5, 0.6) is 0 Å². The highest BCUT2D eigenvalue weighted by Gasteiger charge is 2.26. The van der Waals surface area contributed by atoms with E-state index < -0.39 is 10.0 Å². The molecule has 1 heterocycles. The molecule has 3 aromatic rings. The molecule has 6 heteroatoms. The highest BCUT2D eigenvalue weighted by molar-refractivity contribution is 7.89. The fourth-order valence-corrected chi connectivity index (χ4v) is 5.30. The molecule has 0 bridgehead atoms. The highest BCUT2D eigenvalue weighted by atomic mass is 32.2. The van der Waals surface area contributed by atoms with Crippen molar-refractivity contribution in [3.8, 4) is 11.1 Å². The molecule has 4 rings (SSSR count). The van der Waals surface area contributed by atoms with E-state index in [0.29, 0.717) is 30.1 Å². The van der Waals surface area contributed by atoms with E-state index in [4.69, 9.17) is 0 Å². The summed E-state index contributed by atoms with van der Waals surface area (Å²) < 4.78 is 26.9. The van der Waals surface area contributed by atoms with Crippen molar-refractivity contribution in [2.24, 2.45) is 0 Å². The van der Waals surface area contributed by atoms with Crippen LogP contribution in [0.2, 0.25) is 0 Å². The van der Waals surface area contributed by atoms with Crippen molar-refractivity contribution < 1.29 is 13.2 Å². The van der Waals surface area contributed by atoms with Crippen LogP contribution in [-0.2, 0) is 16.4 Å². The number of hydrogen-bond acceptors (Lipinski definition) is 3. The fourth-order valence-electron chi connectivity index (χ4n) is 3.78. The molecular formula is C25H26N2O3S. The van der Waals surface area contributed by atoms with Gasteiger partial charge in [-0.25, -0.2) is 8.42 Å². The summed E-state index contributed by atoms with van der Waals surface area (Å²) in [4.78, 5) is 12.7. The molecule has 1 N–H and O–H groups in total. The van der Waals surface area contributed by atoms with E-state index in [1.165, 1.54) is 5.56 Å². The molecule has 0 unspecified atom stereocenters. The van der Waals surface area contributed by atoms with Gasteiger partial charge in [0.05, 0.1) is 4.90 Å². The summed E-state index contributed by atoms with van der Waals surface area (Å²) in [5.41, 5.74) is 3.64. The topological polar surface area (TPSA) is 66.5 Å². The van der Waals surface area contributed by atoms with Crippen LogP contribution >= 0.6 is 0 Å². The maximum atomic E-state index is 12.7. The normalized spacial score (nSPS) is 14.5. The minimum Gasteiger partial charge on any atom is -0.352 e. The van der Waals surface area contributed by atoms with Gasteiger partial charge in [0.2, 0.25) is 10.0 Å². The molecule has 1 aliphatic heterocycles. The third-order valence-corrected chi connectivity index (χ3v) is 7.49. The molecule has 1 aliphatic rings. The molecule has 1 saturated heterocycles. The molecule has 160 valence electrons. The first-order valence-corrected chi connectivity index (χ1v) is 12.0. The van der Waals surface area contributed by atoms with Crippen molar-refractivity contribution in [2.75, 3.05) is 19.6 Å². The number of nitrogens with zero attached hydrogens (tertiary/aromatic N) is 1. The largest absolute Gasteiger partial charge is 0.352 e.